The molecular weight excluding hydrogens is 218 g/mol. The molecule has 100 valence electrons. The number of nitrogens with two attached hydrogens (primary N) is 1. The molecular formula is C12H25N3O2. The van der Waals surface area contributed by atoms with Gasteiger partial charge in [-0.2, -0.15) is 0 Å². The third kappa shape index (κ3) is 5.68. The molecule has 0 aromatic carbocycles. The summed E-state index contributed by atoms with van der Waals surface area (Å²) in [6.07, 6.45) is 0.706. The molecule has 1 atom stereocenters. The quantitative estimate of drug-likeness (QED) is 0.677. The molecule has 1 unspecified atom stereocenters. The summed E-state index contributed by atoms with van der Waals surface area (Å²) in [6, 6.07) is 0.0905. The highest BCUT2D eigenvalue weighted by molar-refractivity contribution is 5.86. The van der Waals surface area contributed by atoms with Gasteiger partial charge in [0.05, 0.1) is 12.5 Å². The van der Waals surface area contributed by atoms with Gasteiger partial charge in [0, 0.05) is 19.1 Å². The lowest BCUT2D eigenvalue weighted by molar-refractivity contribution is -0.139. The summed E-state index contributed by atoms with van der Waals surface area (Å²) in [7, 11) is 0. The summed E-state index contributed by atoms with van der Waals surface area (Å²) < 4.78 is 0. The zero-order chi connectivity index (χ0) is 13.4. The zero-order valence-electron chi connectivity index (χ0n) is 11.3. The van der Waals surface area contributed by atoms with E-state index in [0.717, 1.165) is 0 Å². The summed E-state index contributed by atoms with van der Waals surface area (Å²) in [5.41, 5.74) is 5.54. The van der Waals surface area contributed by atoms with Crippen LogP contribution in [0, 0.1) is 5.92 Å². The van der Waals surface area contributed by atoms with E-state index < -0.39 is 0 Å². The predicted octanol–water partition coefficient (Wildman–Crippen LogP) is 0.344. The van der Waals surface area contributed by atoms with Crippen LogP contribution in [-0.4, -0.2) is 42.4 Å². The molecule has 5 heteroatoms. The zero-order valence-corrected chi connectivity index (χ0v) is 11.3. The van der Waals surface area contributed by atoms with Gasteiger partial charge in [0.1, 0.15) is 0 Å². The summed E-state index contributed by atoms with van der Waals surface area (Å²) >= 11 is 0. The van der Waals surface area contributed by atoms with Crippen molar-refractivity contribution in [2.45, 2.75) is 40.2 Å². The van der Waals surface area contributed by atoms with Crippen LogP contribution in [0.5, 0.6) is 0 Å². The molecule has 0 aliphatic rings. The van der Waals surface area contributed by atoms with Crippen LogP contribution >= 0.6 is 0 Å². The van der Waals surface area contributed by atoms with Crippen molar-refractivity contribution in [3.05, 3.63) is 0 Å². The largest absolute Gasteiger partial charge is 0.352 e. The number of hydrogen-bond acceptors (Lipinski definition) is 3. The van der Waals surface area contributed by atoms with E-state index in [1.807, 2.05) is 27.7 Å². The van der Waals surface area contributed by atoms with E-state index in [1.54, 1.807) is 4.90 Å². The average Bonchev–Trinajstić information content (AvgIpc) is 2.26. The number of nitrogens with one attached hydrogen (secondary N) is 1. The van der Waals surface area contributed by atoms with E-state index in [2.05, 4.69) is 5.32 Å². The molecule has 0 aliphatic heterocycles. The third-order valence-electron chi connectivity index (χ3n) is 2.60. The van der Waals surface area contributed by atoms with Crippen molar-refractivity contribution in [3.8, 4) is 0 Å². The van der Waals surface area contributed by atoms with Crippen molar-refractivity contribution in [3.63, 3.8) is 0 Å². The molecule has 17 heavy (non-hydrogen) atoms. The third-order valence-corrected chi connectivity index (χ3v) is 2.60. The Balaban J connectivity index is 4.41. The maximum Gasteiger partial charge on any atom is 0.239 e. The first kappa shape index (κ1) is 15.9. The number of carbonyl (C=O) groups is 2. The van der Waals surface area contributed by atoms with Crippen molar-refractivity contribution in [2.24, 2.45) is 11.7 Å². The van der Waals surface area contributed by atoms with Gasteiger partial charge >= 0.3 is 0 Å². The molecule has 0 aromatic heterocycles. The second-order valence-electron chi connectivity index (χ2n) is 4.42. The number of nitrogens with zero attached hydrogens (tertiary/aromatic N) is 1. The lowest BCUT2D eigenvalue weighted by atomic mass is 10.1. The van der Waals surface area contributed by atoms with Crippen molar-refractivity contribution >= 4 is 11.8 Å². The van der Waals surface area contributed by atoms with Crippen molar-refractivity contribution in [2.75, 3.05) is 19.6 Å². The standard InChI is InChI=1S/C12H25N3O2/c1-5-10(7-13)12(17)15(6-2)8-11(16)14-9(3)4/h9-10H,5-8,13H2,1-4H3,(H,14,16). The fourth-order valence-corrected chi connectivity index (χ4v) is 1.59. The summed E-state index contributed by atoms with van der Waals surface area (Å²) in [5, 5.41) is 2.77. The Bertz CT molecular complexity index is 250. The van der Waals surface area contributed by atoms with Crippen LogP contribution in [0.25, 0.3) is 0 Å². The van der Waals surface area contributed by atoms with Gasteiger partial charge in [0.25, 0.3) is 0 Å². The number of hydrogen-bond donors (Lipinski definition) is 2. The monoisotopic (exact) mass is 243 g/mol. The van der Waals surface area contributed by atoms with Gasteiger partial charge in [0.2, 0.25) is 11.8 Å². The fourth-order valence-electron chi connectivity index (χ4n) is 1.59. The lowest BCUT2D eigenvalue weighted by Crippen LogP contribution is -2.45. The number of likely N-dealkylation sites (N-methyl/N-ethyl adjacent to an activating group) is 1. The molecule has 0 heterocycles. The number of carbonyl (C=O) groups excluding carboxylic acids is 2. The summed E-state index contributed by atoms with van der Waals surface area (Å²) in [5.74, 6) is -0.333. The molecule has 0 aromatic rings. The van der Waals surface area contributed by atoms with Crippen molar-refractivity contribution in [1.29, 1.82) is 0 Å². The normalized spacial score (nSPS) is 12.4. The van der Waals surface area contributed by atoms with Gasteiger partial charge in [-0.1, -0.05) is 6.92 Å². The molecule has 0 rings (SSSR count). The highest BCUT2D eigenvalue weighted by Gasteiger charge is 2.22. The molecule has 0 saturated heterocycles. The molecule has 2 amide bonds. The van der Waals surface area contributed by atoms with Crippen LogP contribution in [0.4, 0.5) is 0 Å². The van der Waals surface area contributed by atoms with E-state index in [1.165, 1.54) is 0 Å². The summed E-state index contributed by atoms with van der Waals surface area (Å²) in [6.45, 7) is 8.55. The van der Waals surface area contributed by atoms with E-state index in [-0.39, 0.29) is 30.3 Å². The molecule has 0 fully saturated rings. The Morgan fingerprint density at radius 2 is 1.88 bits per heavy atom. The smallest absolute Gasteiger partial charge is 0.239 e. The Hall–Kier alpha value is -1.10. The topological polar surface area (TPSA) is 75.4 Å². The molecule has 0 saturated carbocycles. The van der Waals surface area contributed by atoms with Gasteiger partial charge in [-0.05, 0) is 27.2 Å². The van der Waals surface area contributed by atoms with Gasteiger partial charge in [0.15, 0.2) is 0 Å². The molecule has 0 radical (unpaired) electrons. The Labute approximate surface area is 104 Å². The van der Waals surface area contributed by atoms with E-state index in [9.17, 15) is 9.59 Å². The van der Waals surface area contributed by atoms with Crippen LogP contribution in [0.1, 0.15) is 34.1 Å². The SMILES string of the molecule is CCC(CN)C(=O)N(CC)CC(=O)NC(C)C. The highest BCUT2D eigenvalue weighted by atomic mass is 16.2. The Kier molecular flexibility index (Phi) is 7.54. The van der Waals surface area contributed by atoms with Crippen LogP contribution in [0.15, 0.2) is 0 Å². The Morgan fingerprint density at radius 3 is 2.24 bits per heavy atom. The molecule has 0 aliphatic carbocycles. The van der Waals surface area contributed by atoms with Gasteiger partial charge in [-0.15, -0.1) is 0 Å². The van der Waals surface area contributed by atoms with Crippen LogP contribution in [-0.2, 0) is 9.59 Å². The first-order chi connectivity index (χ1) is 7.96. The van der Waals surface area contributed by atoms with Crippen LogP contribution in [0.3, 0.4) is 0 Å². The number of amides is 2. The van der Waals surface area contributed by atoms with Crippen LogP contribution in [0.2, 0.25) is 0 Å². The first-order valence-electron chi connectivity index (χ1n) is 6.24. The Morgan fingerprint density at radius 1 is 1.29 bits per heavy atom. The fraction of sp³-hybridized carbons (Fsp3) is 0.833. The van der Waals surface area contributed by atoms with Crippen molar-refractivity contribution in [1.82, 2.24) is 10.2 Å². The minimum Gasteiger partial charge on any atom is -0.352 e. The highest BCUT2D eigenvalue weighted by Crippen LogP contribution is 2.06. The van der Waals surface area contributed by atoms with E-state index in [4.69, 9.17) is 5.73 Å². The number of rotatable bonds is 7. The van der Waals surface area contributed by atoms with Gasteiger partial charge < -0.3 is 16.0 Å². The predicted molar refractivity (Wildman–Crippen MR) is 68.4 cm³/mol. The first-order valence-corrected chi connectivity index (χ1v) is 6.24. The maximum atomic E-state index is 12.0. The van der Waals surface area contributed by atoms with Crippen molar-refractivity contribution < 1.29 is 9.59 Å². The van der Waals surface area contributed by atoms with Gasteiger partial charge in [-0.25, -0.2) is 0 Å². The lowest BCUT2D eigenvalue weighted by Gasteiger charge is -2.25. The average molecular weight is 243 g/mol. The molecule has 0 bridgehead atoms. The maximum absolute atomic E-state index is 12.0. The van der Waals surface area contributed by atoms with E-state index in [0.29, 0.717) is 19.5 Å². The van der Waals surface area contributed by atoms with Crippen LogP contribution < -0.4 is 11.1 Å². The minimum atomic E-state index is -0.179. The second kappa shape index (κ2) is 8.06. The summed E-state index contributed by atoms with van der Waals surface area (Å²) in [4.78, 5) is 25.2. The second-order valence-corrected chi connectivity index (χ2v) is 4.42. The molecule has 5 nitrogen and oxygen atoms in total. The minimum absolute atomic E-state index is 0.0311. The molecule has 0 spiro atoms. The van der Waals surface area contributed by atoms with E-state index >= 15 is 0 Å². The van der Waals surface area contributed by atoms with Gasteiger partial charge in [-0.3, -0.25) is 9.59 Å². The molecule has 3 N–H and O–H groups in total.